The number of rotatable bonds is 7. The van der Waals surface area contributed by atoms with Crippen molar-refractivity contribution in [2.24, 2.45) is 0 Å². The Labute approximate surface area is 151 Å². The summed E-state index contributed by atoms with van der Waals surface area (Å²) in [7, 11) is -2.82. The predicted molar refractivity (Wildman–Crippen MR) is 90.0 cm³/mol. The summed E-state index contributed by atoms with van der Waals surface area (Å²) in [6, 6.07) is 2.54. The van der Waals surface area contributed by atoms with Gasteiger partial charge in [-0.1, -0.05) is 12.1 Å². The van der Waals surface area contributed by atoms with Crippen molar-refractivity contribution in [1.29, 1.82) is 0 Å². The summed E-state index contributed by atoms with van der Waals surface area (Å²) in [5.74, 6) is -0.634. The third-order valence-electron chi connectivity index (χ3n) is 3.28. The van der Waals surface area contributed by atoms with Crippen LogP contribution in [0.4, 0.5) is 13.2 Å². The highest BCUT2D eigenvalue weighted by atomic mass is 35.5. The maximum absolute atomic E-state index is 12.9. The van der Waals surface area contributed by atoms with Crippen LogP contribution in [0.3, 0.4) is 0 Å². The number of sulfonamides is 1. The summed E-state index contributed by atoms with van der Waals surface area (Å²) in [5.41, 5.74) is -1.28. The van der Waals surface area contributed by atoms with Crippen LogP contribution in [0.2, 0.25) is 0 Å². The molecule has 25 heavy (non-hydrogen) atoms. The Hall–Kier alpha value is -1.36. The first-order chi connectivity index (χ1) is 11.0. The molecule has 0 fully saturated rings. The van der Waals surface area contributed by atoms with E-state index in [1.165, 1.54) is 13.0 Å². The van der Waals surface area contributed by atoms with Gasteiger partial charge in [0.25, 0.3) is 0 Å². The van der Waals surface area contributed by atoms with Gasteiger partial charge in [0.2, 0.25) is 15.9 Å². The smallest absolute Gasteiger partial charge is 0.353 e. The minimum absolute atomic E-state index is 0. The zero-order valence-corrected chi connectivity index (χ0v) is 15.5. The van der Waals surface area contributed by atoms with Gasteiger partial charge in [0.05, 0.1) is 16.5 Å². The van der Waals surface area contributed by atoms with E-state index in [0.717, 1.165) is 12.1 Å². The Kier molecular flexibility index (Phi) is 8.86. The van der Waals surface area contributed by atoms with Crippen molar-refractivity contribution < 1.29 is 26.4 Å². The molecule has 11 heteroatoms. The normalized spacial score (nSPS) is 14.3. The van der Waals surface area contributed by atoms with Gasteiger partial charge in [0.15, 0.2) is 0 Å². The quantitative estimate of drug-likeness (QED) is 0.644. The summed E-state index contributed by atoms with van der Waals surface area (Å²) in [4.78, 5) is 11.0. The molecule has 0 radical (unpaired) electrons. The Bertz CT molecular complexity index is 683. The molecule has 0 bridgehead atoms. The van der Waals surface area contributed by atoms with Crippen LogP contribution in [0, 0.1) is 0 Å². The van der Waals surface area contributed by atoms with Gasteiger partial charge < -0.3 is 10.6 Å². The van der Waals surface area contributed by atoms with E-state index < -0.39 is 38.6 Å². The molecule has 0 spiro atoms. The van der Waals surface area contributed by atoms with Crippen molar-refractivity contribution in [2.75, 3.05) is 13.6 Å². The second-order valence-electron chi connectivity index (χ2n) is 5.27. The third kappa shape index (κ3) is 6.81. The molecule has 0 aromatic heterocycles. The fraction of sp³-hybridized carbons (Fsp3) is 0.500. The van der Waals surface area contributed by atoms with Crippen LogP contribution in [0.5, 0.6) is 0 Å². The number of hydrogen-bond acceptors (Lipinski definition) is 4. The largest absolute Gasteiger partial charge is 0.417 e. The van der Waals surface area contributed by atoms with Crippen LogP contribution >= 0.6 is 12.4 Å². The van der Waals surface area contributed by atoms with Crippen LogP contribution in [0.25, 0.3) is 0 Å². The standard InChI is InChI=1S/C14H20F3N3O3S.ClH/c1-9(18-3)8-19-13(21)10(2)20-24(22,23)12-7-5-4-6-11(12)14(15,16)17;/h4-7,9-10,18,20H,8H2,1-3H3,(H,19,21);1H. The van der Waals surface area contributed by atoms with Crippen LogP contribution in [-0.4, -0.2) is 40.0 Å². The highest BCUT2D eigenvalue weighted by molar-refractivity contribution is 7.89. The van der Waals surface area contributed by atoms with E-state index in [1.807, 2.05) is 4.72 Å². The molecule has 1 aromatic carbocycles. The summed E-state index contributed by atoms with van der Waals surface area (Å²) in [6.45, 7) is 3.31. The predicted octanol–water partition coefficient (Wildman–Crippen LogP) is 1.52. The fourth-order valence-corrected chi connectivity index (χ4v) is 3.22. The minimum atomic E-state index is -4.82. The van der Waals surface area contributed by atoms with Gasteiger partial charge in [-0.15, -0.1) is 12.4 Å². The number of halogens is 4. The Morgan fingerprint density at radius 3 is 2.28 bits per heavy atom. The molecule has 0 aliphatic carbocycles. The highest BCUT2D eigenvalue weighted by Crippen LogP contribution is 2.33. The molecular formula is C14H21ClF3N3O3S. The number of hydrogen-bond donors (Lipinski definition) is 3. The first kappa shape index (κ1) is 23.6. The number of nitrogens with one attached hydrogen (secondary N) is 3. The van der Waals surface area contributed by atoms with Crippen molar-refractivity contribution in [3.8, 4) is 0 Å². The van der Waals surface area contributed by atoms with Gasteiger partial charge in [0, 0.05) is 12.6 Å². The molecule has 144 valence electrons. The molecule has 2 atom stereocenters. The van der Waals surface area contributed by atoms with Gasteiger partial charge in [0.1, 0.15) is 0 Å². The zero-order chi connectivity index (χ0) is 18.5. The van der Waals surface area contributed by atoms with Crippen LogP contribution < -0.4 is 15.4 Å². The molecule has 0 heterocycles. The Balaban J connectivity index is 0.00000576. The molecule has 6 nitrogen and oxygen atoms in total. The SMILES string of the molecule is CNC(C)CNC(=O)C(C)NS(=O)(=O)c1ccccc1C(F)(F)F.Cl. The van der Waals surface area contributed by atoms with Gasteiger partial charge in [-0.25, -0.2) is 8.42 Å². The second kappa shape index (κ2) is 9.37. The summed E-state index contributed by atoms with van der Waals surface area (Å²) < 4.78 is 65.2. The second-order valence-corrected chi connectivity index (χ2v) is 6.95. The maximum atomic E-state index is 12.9. The molecule has 0 saturated carbocycles. The Morgan fingerprint density at radius 1 is 1.20 bits per heavy atom. The number of carbonyl (C=O) groups is 1. The summed E-state index contributed by atoms with van der Waals surface area (Å²) in [6.07, 6.45) is -4.82. The lowest BCUT2D eigenvalue weighted by Crippen LogP contribution is -2.47. The highest BCUT2D eigenvalue weighted by Gasteiger charge is 2.37. The van der Waals surface area contributed by atoms with Crippen molar-refractivity contribution in [2.45, 2.75) is 37.0 Å². The number of likely N-dealkylation sites (N-methyl/N-ethyl adjacent to an activating group) is 1. The van der Waals surface area contributed by atoms with Gasteiger partial charge in [-0.3, -0.25) is 4.79 Å². The zero-order valence-electron chi connectivity index (χ0n) is 13.8. The minimum Gasteiger partial charge on any atom is -0.353 e. The van der Waals surface area contributed by atoms with E-state index in [2.05, 4.69) is 10.6 Å². The first-order valence-corrected chi connectivity index (χ1v) is 8.61. The molecular weight excluding hydrogens is 383 g/mol. The molecule has 2 unspecified atom stereocenters. The maximum Gasteiger partial charge on any atom is 0.417 e. The van der Waals surface area contributed by atoms with Crippen molar-refractivity contribution >= 4 is 28.3 Å². The van der Waals surface area contributed by atoms with Crippen LogP contribution in [-0.2, 0) is 21.0 Å². The lowest BCUT2D eigenvalue weighted by atomic mass is 10.2. The van der Waals surface area contributed by atoms with Crippen LogP contribution in [0.15, 0.2) is 29.2 Å². The van der Waals surface area contributed by atoms with Crippen LogP contribution in [0.1, 0.15) is 19.4 Å². The summed E-state index contributed by atoms with van der Waals surface area (Å²) >= 11 is 0. The molecule has 1 aromatic rings. The number of carbonyl (C=O) groups excluding carboxylic acids is 1. The fourth-order valence-electron chi connectivity index (χ4n) is 1.79. The topological polar surface area (TPSA) is 87.3 Å². The van der Waals surface area contributed by atoms with E-state index in [0.29, 0.717) is 6.07 Å². The molecule has 0 saturated heterocycles. The van der Waals surface area contributed by atoms with E-state index in [-0.39, 0.29) is 25.0 Å². The lowest BCUT2D eigenvalue weighted by Gasteiger charge is -2.18. The van der Waals surface area contributed by atoms with Crippen molar-refractivity contribution in [1.82, 2.24) is 15.4 Å². The number of amides is 1. The van der Waals surface area contributed by atoms with Crippen molar-refractivity contribution in [3.63, 3.8) is 0 Å². The van der Waals surface area contributed by atoms with Crippen molar-refractivity contribution in [3.05, 3.63) is 29.8 Å². The number of benzene rings is 1. The molecule has 0 aliphatic rings. The van der Waals surface area contributed by atoms with E-state index >= 15 is 0 Å². The van der Waals surface area contributed by atoms with E-state index in [4.69, 9.17) is 0 Å². The lowest BCUT2D eigenvalue weighted by molar-refractivity contribution is -0.139. The monoisotopic (exact) mass is 403 g/mol. The molecule has 1 amide bonds. The van der Waals surface area contributed by atoms with E-state index in [9.17, 15) is 26.4 Å². The van der Waals surface area contributed by atoms with E-state index in [1.54, 1.807) is 14.0 Å². The summed E-state index contributed by atoms with van der Waals surface area (Å²) in [5, 5.41) is 5.38. The Morgan fingerprint density at radius 2 is 1.76 bits per heavy atom. The van der Waals surface area contributed by atoms with Gasteiger partial charge >= 0.3 is 6.18 Å². The average Bonchev–Trinajstić information content (AvgIpc) is 2.50. The third-order valence-corrected chi connectivity index (χ3v) is 4.88. The molecule has 3 N–H and O–H groups in total. The molecule has 1 rings (SSSR count). The number of alkyl halides is 3. The first-order valence-electron chi connectivity index (χ1n) is 7.12. The van der Waals surface area contributed by atoms with Gasteiger partial charge in [-0.05, 0) is 33.0 Å². The molecule has 0 aliphatic heterocycles. The average molecular weight is 404 g/mol. The van der Waals surface area contributed by atoms with Gasteiger partial charge in [-0.2, -0.15) is 17.9 Å².